The van der Waals surface area contributed by atoms with E-state index in [0.29, 0.717) is 41.0 Å². The van der Waals surface area contributed by atoms with E-state index in [1.165, 1.54) is 12.1 Å². The van der Waals surface area contributed by atoms with Gasteiger partial charge < -0.3 is 15.4 Å². The summed E-state index contributed by atoms with van der Waals surface area (Å²) in [4.78, 5) is 21.6. The van der Waals surface area contributed by atoms with Crippen molar-refractivity contribution >= 4 is 17.4 Å². The van der Waals surface area contributed by atoms with Crippen LogP contribution in [-0.4, -0.2) is 35.2 Å². The second-order valence-corrected chi connectivity index (χ2v) is 10.1. The van der Waals surface area contributed by atoms with Gasteiger partial charge in [-0.2, -0.15) is 13.2 Å². The number of amides is 1. The molecule has 2 saturated carbocycles. The first kappa shape index (κ1) is 22.5. The molecule has 1 spiro atoms. The number of carbonyl (C=O) groups excluding carboxylic acids is 1. The Morgan fingerprint density at radius 2 is 2.06 bits per heavy atom. The number of hydrazine groups is 1. The number of hydrogen-bond donors (Lipinski definition) is 4. The van der Waals surface area contributed by atoms with Crippen LogP contribution in [0.5, 0.6) is 5.75 Å². The maximum absolute atomic E-state index is 13.3. The number of rotatable bonds is 4. The van der Waals surface area contributed by atoms with Crippen molar-refractivity contribution < 1.29 is 22.7 Å². The molecule has 2 aromatic rings. The van der Waals surface area contributed by atoms with Gasteiger partial charge in [-0.25, -0.2) is 15.4 Å². The van der Waals surface area contributed by atoms with Crippen LogP contribution in [0.25, 0.3) is 0 Å². The Labute approximate surface area is 200 Å². The molecule has 3 heterocycles. The van der Waals surface area contributed by atoms with Gasteiger partial charge in [-0.1, -0.05) is 0 Å². The highest BCUT2D eigenvalue weighted by Gasteiger charge is 2.67. The number of benzene rings is 1. The Bertz CT molecular complexity index is 1190. The second kappa shape index (κ2) is 7.79. The molecule has 1 saturated heterocycles. The first-order valence-electron chi connectivity index (χ1n) is 11.9. The fourth-order valence-electron chi connectivity index (χ4n) is 6.45. The van der Waals surface area contributed by atoms with Crippen molar-refractivity contribution in [3.05, 3.63) is 41.3 Å². The molecule has 2 aliphatic heterocycles. The highest BCUT2D eigenvalue weighted by Crippen LogP contribution is 2.65. The maximum Gasteiger partial charge on any atom is 0.416 e. The molecule has 1 amide bonds. The Hall–Kier alpha value is -2.92. The summed E-state index contributed by atoms with van der Waals surface area (Å²) in [6, 6.07) is 3.78. The average molecular weight is 489 g/mol. The van der Waals surface area contributed by atoms with Crippen LogP contribution in [0.15, 0.2) is 24.4 Å². The second-order valence-electron chi connectivity index (χ2n) is 10.1. The Morgan fingerprint density at radius 1 is 1.23 bits per heavy atom. The van der Waals surface area contributed by atoms with E-state index in [2.05, 4.69) is 31.5 Å². The highest BCUT2D eigenvalue weighted by molar-refractivity contribution is 6.09. The van der Waals surface area contributed by atoms with E-state index in [-0.39, 0.29) is 30.0 Å². The molecule has 11 heteroatoms. The largest absolute Gasteiger partial charge is 0.491 e. The number of aromatic nitrogens is 2. The highest BCUT2D eigenvalue weighted by atomic mass is 19.4. The van der Waals surface area contributed by atoms with Gasteiger partial charge in [-0.3, -0.25) is 10.2 Å². The van der Waals surface area contributed by atoms with Gasteiger partial charge in [0.25, 0.3) is 0 Å². The van der Waals surface area contributed by atoms with Gasteiger partial charge in [0.15, 0.2) is 11.6 Å². The van der Waals surface area contributed by atoms with Crippen LogP contribution in [-0.2, 0) is 16.4 Å². The van der Waals surface area contributed by atoms with Crippen LogP contribution < -0.4 is 26.2 Å². The first-order chi connectivity index (χ1) is 16.7. The summed E-state index contributed by atoms with van der Waals surface area (Å²) in [6.45, 7) is 1.82. The fourth-order valence-corrected chi connectivity index (χ4v) is 6.45. The number of carbonyl (C=O) groups is 1. The van der Waals surface area contributed by atoms with E-state index in [1.54, 1.807) is 13.3 Å². The molecule has 3 fully saturated rings. The third kappa shape index (κ3) is 3.55. The minimum Gasteiger partial charge on any atom is -0.491 e. The van der Waals surface area contributed by atoms with Crippen molar-refractivity contribution in [2.24, 2.45) is 17.8 Å². The summed E-state index contributed by atoms with van der Waals surface area (Å²) in [7, 11) is 1.58. The fraction of sp³-hybridized carbons (Fsp3) is 0.542. The van der Waals surface area contributed by atoms with Crippen molar-refractivity contribution in [1.29, 1.82) is 0 Å². The number of nitrogens with one attached hydrogen (secondary N) is 4. The molecular formula is C24H27F3N6O2. The van der Waals surface area contributed by atoms with Gasteiger partial charge in [-0.05, 0) is 68.2 Å². The molecule has 35 heavy (non-hydrogen) atoms. The average Bonchev–Trinajstić information content (AvgIpc) is 3.37. The lowest BCUT2D eigenvalue weighted by Gasteiger charge is -2.34. The van der Waals surface area contributed by atoms with Gasteiger partial charge in [0.2, 0.25) is 5.91 Å². The molecule has 4 aliphatic rings. The molecule has 1 aromatic carbocycles. The molecule has 0 radical (unpaired) electrons. The molecule has 4 N–H and O–H groups in total. The maximum atomic E-state index is 13.3. The summed E-state index contributed by atoms with van der Waals surface area (Å²) in [5, 5.41) is 6.25. The van der Waals surface area contributed by atoms with Crippen molar-refractivity contribution in [2.75, 3.05) is 17.7 Å². The molecule has 8 nitrogen and oxygen atoms in total. The number of methoxy groups -OCH3 is 1. The number of aryl methyl sites for hydroxylation is 1. The van der Waals surface area contributed by atoms with E-state index < -0.39 is 17.2 Å². The van der Waals surface area contributed by atoms with Crippen LogP contribution in [0.2, 0.25) is 0 Å². The summed E-state index contributed by atoms with van der Waals surface area (Å²) in [6.07, 6.45) is 0.437. The van der Waals surface area contributed by atoms with Gasteiger partial charge in [-0.15, -0.1) is 0 Å². The van der Waals surface area contributed by atoms with E-state index in [1.807, 2.05) is 6.92 Å². The molecule has 4 unspecified atom stereocenters. The van der Waals surface area contributed by atoms with E-state index in [4.69, 9.17) is 4.74 Å². The monoisotopic (exact) mass is 488 g/mol. The van der Waals surface area contributed by atoms with Gasteiger partial charge in [0, 0.05) is 17.6 Å². The third-order valence-corrected chi connectivity index (χ3v) is 8.25. The predicted molar refractivity (Wildman–Crippen MR) is 121 cm³/mol. The number of anilines is 2. The van der Waals surface area contributed by atoms with Crippen molar-refractivity contribution in [1.82, 2.24) is 20.8 Å². The zero-order chi connectivity index (χ0) is 24.5. The molecular weight excluding hydrogens is 461 g/mol. The lowest BCUT2D eigenvalue weighted by molar-refractivity contribution is -0.137. The number of hydrogen-bond acceptors (Lipinski definition) is 7. The molecule has 6 rings (SSSR count). The molecule has 186 valence electrons. The lowest BCUT2D eigenvalue weighted by atomic mass is 9.74. The van der Waals surface area contributed by atoms with E-state index >= 15 is 0 Å². The zero-order valence-corrected chi connectivity index (χ0v) is 19.4. The third-order valence-electron chi connectivity index (χ3n) is 8.25. The van der Waals surface area contributed by atoms with E-state index in [0.717, 1.165) is 25.3 Å². The number of fused-ring (bicyclic) bond motifs is 3. The normalized spacial score (nSPS) is 33.3. The van der Waals surface area contributed by atoms with Gasteiger partial charge >= 0.3 is 6.18 Å². The van der Waals surface area contributed by atoms with Crippen LogP contribution in [0.3, 0.4) is 0 Å². The van der Waals surface area contributed by atoms with Gasteiger partial charge in [0.1, 0.15) is 5.82 Å². The molecule has 2 aliphatic carbocycles. The number of alkyl halides is 3. The standard InChI is InChI=1S/C24H27F3N6O2/c1-11-28-10-19(35-2)21(29-11)31-20-14-5-3-12(7-18(14)32-33-20)16-9-23(16)15-8-13(24(25,26)27)4-6-17(15)30-22(23)34/h4,6,8,10,12,14,16,18,20,32-33H,3,5,7,9H2,1-2H3,(H,30,34)(H,28,29,31)/t12?,14?,16-,18?,20?,23-/m0/s1. The minimum atomic E-state index is -4.43. The summed E-state index contributed by atoms with van der Waals surface area (Å²) < 4.78 is 45.4. The van der Waals surface area contributed by atoms with Crippen molar-refractivity contribution in [2.45, 2.75) is 56.4 Å². The Balaban J connectivity index is 1.17. The smallest absolute Gasteiger partial charge is 0.416 e. The molecule has 0 bridgehead atoms. The number of halogens is 3. The minimum absolute atomic E-state index is 0.0478. The molecule has 1 aromatic heterocycles. The molecule has 6 atom stereocenters. The van der Waals surface area contributed by atoms with Crippen LogP contribution in [0.4, 0.5) is 24.7 Å². The summed E-state index contributed by atoms with van der Waals surface area (Å²) in [5.41, 5.74) is 6.20. The zero-order valence-electron chi connectivity index (χ0n) is 19.4. The lowest BCUT2D eigenvalue weighted by Crippen LogP contribution is -2.39. The van der Waals surface area contributed by atoms with Crippen LogP contribution in [0.1, 0.15) is 42.6 Å². The quantitative estimate of drug-likeness (QED) is 0.524. The number of ether oxygens (including phenoxy) is 1. The van der Waals surface area contributed by atoms with Crippen LogP contribution >= 0.6 is 0 Å². The Morgan fingerprint density at radius 3 is 2.83 bits per heavy atom. The predicted octanol–water partition coefficient (Wildman–Crippen LogP) is 3.35. The van der Waals surface area contributed by atoms with E-state index in [9.17, 15) is 18.0 Å². The number of nitrogens with zero attached hydrogens (tertiary/aromatic N) is 2. The van der Waals surface area contributed by atoms with Crippen molar-refractivity contribution in [3.8, 4) is 5.75 Å². The Kier molecular flexibility index (Phi) is 5.02. The van der Waals surface area contributed by atoms with Crippen LogP contribution in [0, 0.1) is 24.7 Å². The first-order valence-corrected chi connectivity index (χ1v) is 11.9. The van der Waals surface area contributed by atoms with Gasteiger partial charge in [0.05, 0.1) is 30.5 Å². The summed E-state index contributed by atoms with van der Waals surface area (Å²) in [5.74, 6) is 2.27. The summed E-state index contributed by atoms with van der Waals surface area (Å²) >= 11 is 0. The van der Waals surface area contributed by atoms with Crippen molar-refractivity contribution in [3.63, 3.8) is 0 Å². The SMILES string of the molecule is COc1cnc(C)nc1NC1NNC2CC([C@@H]3C[C@@]34C(=O)Nc3ccc(C(F)(F)F)cc34)CCC21. The topological polar surface area (TPSA) is 100 Å².